The van der Waals surface area contributed by atoms with Crippen LogP contribution in [0.15, 0.2) is 29.4 Å². The summed E-state index contributed by atoms with van der Waals surface area (Å²) in [7, 11) is 0. The Hall–Kier alpha value is -1.69. The maximum atomic E-state index is 12.2. The minimum Gasteiger partial charge on any atom is -0.293 e. The quantitative estimate of drug-likeness (QED) is 0.606. The van der Waals surface area contributed by atoms with Gasteiger partial charge in [-0.2, -0.15) is 0 Å². The van der Waals surface area contributed by atoms with Gasteiger partial charge in [0.25, 0.3) is 0 Å². The fourth-order valence-corrected chi connectivity index (χ4v) is 2.94. The molecule has 5 nitrogen and oxygen atoms in total. The van der Waals surface area contributed by atoms with Crippen molar-refractivity contribution < 1.29 is 4.79 Å². The molecule has 6 heteroatoms. The number of tetrazole rings is 1. The highest BCUT2D eigenvalue weighted by molar-refractivity contribution is 7.99. The van der Waals surface area contributed by atoms with Crippen molar-refractivity contribution in [2.75, 3.05) is 5.75 Å². The Morgan fingerprint density at radius 2 is 2.05 bits per heavy atom. The molecule has 0 saturated heterocycles. The summed E-state index contributed by atoms with van der Waals surface area (Å²) in [4.78, 5) is 12.2. The topological polar surface area (TPSA) is 60.7 Å². The van der Waals surface area contributed by atoms with Gasteiger partial charge in [0.1, 0.15) is 0 Å². The van der Waals surface area contributed by atoms with Crippen LogP contribution in [0.5, 0.6) is 0 Å². The van der Waals surface area contributed by atoms with Gasteiger partial charge in [0, 0.05) is 5.56 Å². The summed E-state index contributed by atoms with van der Waals surface area (Å²) in [5.41, 5.74) is 1.99. The fraction of sp³-hybridized carbons (Fsp3) is 0.467. The van der Waals surface area contributed by atoms with Gasteiger partial charge in [-0.05, 0) is 34.7 Å². The first-order chi connectivity index (χ1) is 10.1. The van der Waals surface area contributed by atoms with Crippen molar-refractivity contribution >= 4 is 17.5 Å². The Morgan fingerprint density at radius 1 is 1.33 bits per heavy atom. The second kappa shape index (κ2) is 5.97. The number of Topliss-reactive ketones (excluding diaryl/α,β-unsaturated/α-hetero) is 1. The van der Waals surface area contributed by atoms with E-state index >= 15 is 0 Å². The minimum absolute atomic E-state index is 0.112. The molecule has 0 N–H and O–H groups in total. The highest BCUT2D eigenvalue weighted by Crippen LogP contribution is 2.36. The minimum atomic E-state index is 0.112. The highest BCUT2D eigenvalue weighted by Gasteiger charge is 2.28. The molecule has 0 spiro atoms. The van der Waals surface area contributed by atoms with Crippen LogP contribution in [0.1, 0.15) is 54.6 Å². The Morgan fingerprint density at radius 3 is 2.67 bits per heavy atom. The van der Waals surface area contributed by atoms with E-state index < -0.39 is 0 Å². The average molecular weight is 302 g/mol. The zero-order valence-electron chi connectivity index (χ0n) is 12.2. The van der Waals surface area contributed by atoms with Crippen LogP contribution in [-0.4, -0.2) is 31.7 Å². The number of nitrogens with zero attached hydrogens (tertiary/aromatic N) is 4. The number of carbonyl (C=O) groups excluding carboxylic acids is 1. The molecule has 0 amide bonds. The number of ketones is 1. The lowest BCUT2D eigenvalue weighted by atomic mass is 10.0. The number of hydrogen-bond donors (Lipinski definition) is 0. The molecule has 1 heterocycles. The van der Waals surface area contributed by atoms with Crippen molar-refractivity contribution in [3.63, 3.8) is 0 Å². The number of carbonyl (C=O) groups is 1. The second-order valence-corrected chi connectivity index (χ2v) is 6.57. The van der Waals surface area contributed by atoms with Crippen molar-refractivity contribution in [2.24, 2.45) is 0 Å². The second-order valence-electron chi connectivity index (χ2n) is 5.63. The molecular formula is C15H18N4OS. The molecular weight excluding hydrogens is 284 g/mol. The summed E-state index contributed by atoms with van der Waals surface area (Å²) >= 11 is 1.41. The molecule has 110 valence electrons. The summed E-state index contributed by atoms with van der Waals surface area (Å²) < 4.78 is 1.83. The normalized spacial score (nSPS) is 14.6. The van der Waals surface area contributed by atoms with Crippen LogP contribution >= 0.6 is 11.8 Å². The molecule has 1 aromatic carbocycles. The smallest absolute Gasteiger partial charge is 0.210 e. The third-order valence-corrected chi connectivity index (χ3v) is 4.52. The van der Waals surface area contributed by atoms with Crippen molar-refractivity contribution in [2.45, 2.75) is 43.8 Å². The van der Waals surface area contributed by atoms with E-state index in [1.54, 1.807) is 0 Å². The van der Waals surface area contributed by atoms with E-state index in [-0.39, 0.29) is 5.78 Å². The molecule has 1 saturated carbocycles. The molecule has 0 aliphatic heterocycles. The van der Waals surface area contributed by atoms with Gasteiger partial charge in [-0.25, -0.2) is 4.68 Å². The van der Waals surface area contributed by atoms with E-state index in [0.29, 0.717) is 17.7 Å². The van der Waals surface area contributed by atoms with Gasteiger partial charge < -0.3 is 0 Å². The van der Waals surface area contributed by atoms with Crippen LogP contribution < -0.4 is 0 Å². The standard InChI is InChI=1S/C15H18N4OS/c1-10(2)11-3-5-12(6-4-11)14(20)9-21-15-16-17-18-19(15)13-7-8-13/h3-6,10,13H,7-9H2,1-2H3. The summed E-state index contributed by atoms with van der Waals surface area (Å²) in [6.45, 7) is 4.29. The van der Waals surface area contributed by atoms with E-state index in [9.17, 15) is 4.79 Å². The summed E-state index contributed by atoms with van der Waals surface area (Å²) in [6.07, 6.45) is 2.26. The first-order valence-corrected chi connectivity index (χ1v) is 8.17. The molecule has 2 aromatic rings. The van der Waals surface area contributed by atoms with Crippen molar-refractivity contribution in [1.82, 2.24) is 20.2 Å². The third-order valence-electron chi connectivity index (χ3n) is 3.59. The predicted molar refractivity (Wildman–Crippen MR) is 81.7 cm³/mol. The molecule has 1 fully saturated rings. The SMILES string of the molecule is CC(C)c1ccc(C(=O)CSc2nnnn2C2CC2)cc1. The first-order valence-electron chi connectivity index (χ1n) is 7.19. The Bertz CT molecular complexity index is 631. The van der Waals surface area contributed by atoms with Gasteiger partial charge in [-0.15, -0.1) is 5.10 Å². The number of aromatic nitrogens is 4. The van der Waals surface area contributed by atoms with Gasteiger partial charge in [-0.1, -0.05) is 49.9 Å². The zero-order valence-corrected chi connectivity index (χ0v) is 13.0. The van der Waals surface area contributed by atoms with E-state index in [1.807, 2.05) is 28.9 Å². The van der Waals surface area contributed by atoms with Crippen LogP contribution in [0.2, 0.25) is 0 Å². The van der Waals surface area contributed by atoms with Crippen LogP contribution in [0, 0.1) is 0 Å². The Kier molecular flexibility index (Phi) is 4.05. The lowest BCUT2D eigenvalue weighted by Gasteiger charge is -2.06. The zero-order chi connectivity index (χ0) is 14.8. The highest BCUT2D eigenvalue weighted by atomic mass is 32.2. The monoisotopic (exact) mass is 302 g/mol. The van der Waals surface area contributed by atoms with Gasteiger partial charge >= 0.3 is 0 Å². The van der Waals surface area contributed by atoms with E-state index in [0.717, 1.165) is 23.6 Å². The third kappa shape index (κ3) is 3.32. The van der Waals surface area contributed by atoms with Gasteiger partial charge in [0.15, 0.2) is 5.78 Å². The number of hydrogen-bond acceptors (Lipinski definition) is 5. The van der Waals surface area contributed by atoms with Gasteiger partial charge in [0.2, 0.25) is 5.16 Å². The van der Waals surface area contributed by atoms with Crippen molar-refractivity contribution in [3.05, 3.63) is 35.4 Å². The molecule has 3 rings (SSSR count). The molecule has 0 bridgehead atoms. The lowest BCUT2D eigenvalue weighted by molar-refractivity contribution is 0.102. The van der Waals surface area contributed by atoms with Gasteiger partial charge in [-0.3, -0.25) is 4.79 Å². The summed E-state index contributed by atoms with van der Waals surface area (Å²) in [5, 5.41) is 12.4. The summed E-state index contributed by atoms with van der Waals surface area (Å²) in [6, 6.07) is 8.29. The van der Waals surface area contributed by atoms with Gasteiger partial charge in [0.05, 0.1) is 11.8 Å². The average Bonchev–Trinajstić information content (AvgIpc) is 3.23. The van der Waals surface area contributed by atoms with Crippen LogP contribution in [0.3, 0.4) is 0 Å². The Balaban J connectivity index is 1.62. The molecule has 0 unspecified atom stereocenters. The first kappa shape index (κ1) is 14.3. The Labute approximate surface area is 128 Å². The maximum absolute atomic E-state index is 12.2. The number of rotatable bonds is 6. The molecule has 1 aliphatic rings. The predicted octanol–water partition coefficient (Wildman–Crippen LogP) is 3.11. The van der Waals surface area contributed by atoms with Crippen molar-refractivity contribution in [1.29, 1.82) is 0 Å². The van der Waals surface area contributed by atoms with E-state index in [1.165, 1.54) is 17.3 Å². The van der Waals surface area contributed by atoms with Crippen LogP contribution in [0.4, 0.5) is 0 Å². The van der Waals surface area contributed by atoms with Crippen molar-refractivity contribution in [3.8, 4) is 0 Å². The largest absolute Gasteiger partial charge is 0.293 e. The van der Waals surface area contributed by atoms with E-state index in [4.69, 9.17) is 0 Å². The van der Waals surface area contributed by atoms with E-state index in [2.05, 4.69) is 29.4 Å². The fourth-order valence-electron chi connectivity index (χ4n) is 2.10. The molecule has 0 atom stereocenters. The number of thioether (sulfide) groups is 1. The maximum Gasteiger partial charge on any atom is 0.210 e. The molecule has 0 radical (unpaired) electrons. The van der Waals surface area contributed by atoms with Crippen LogP contribution in [0.25, 0.3) is 0 Å². The number of benzene rings is 1. The summed E-state index contributed by atoms with van der Waals surface area (Å²) in [5.74, 6) is 0.959. The molecule has 1 aliphatic carbocycles. The lowest BCUT2D eigenvalue weighted by Crippen LogP contribution is -2.05. The molecule has 1 aromatic heterocycles. The molecule has 21 heavy (non-hydrogen) atoms. The van der Waals surface area contributed by atoms with Crippen LogP contribution in [-0.2, 0) is 0 Å².